The number of halogens is 3. The first-order valence-corrected chi connectivity index (χ1v) is 16.6. The quantitative estimate of drug-likeness (QED) is 0.148. The van der Waals surface area contributed by atoms with E-state index in [2.05, 4.69) is 30.1 Å². The molecule has 7 rings (SSSR count). The summed E-state index contributed by atoms with van der Waals surface area (Å²) in [5, 5.41) is 4.22. The minimum atomic E-state index is -4.60. The first-order valence-electron chi connectivity index (χ1n) is 16.6. The number of carbonyl (C=O) groups excluding carboxylic acids is 1. The second kappa shape index (κ2) is 14.3. The molecule has 2 aliphatic rings. The van der Waals surface area contributed by atoms with E-state index in [1.54, 1.807) is 30.5 Å². The summed E-state index contributed by atoms with van der Waals surface area (Å²) in [6, 6.07) is 17.5. The Morgan fingerprint density at radius 2 is 1.57 bits per heavy atom. The van der Waals surface area contributed by atoms with Gasteiger partial charge in [0.05, 0.1) is 11.8 Å². The number of nitrogens with zero attached hydrogens (tertiary/aromatic N) is 4. The molecule has 0 saturated carbocycles. The third-order valence-electron chi connectivity index (χ3n) is 8.87. The van der Waals surface area contributed by atoms with Crippen LogP contribution >= 0.6 is 0 Å². The molecule has 0 bridgehead atoms. The van der Waals surface area contributed by atoms with Crippen LogP contribution in [0, 0.1) is 0 Å². The van der Waals surface area contributed by atoms with Gasteiger partial charge in [0, 0.05) is 48.4 Å². The molecule has 0 spiro atoms. The molecular weight excluding hydrogens is 633 g/mol. The van der Waals surface area contributed by atoms with Crippen LogP contribution < -0.4 is 14.8 Å². The SMILES string of the molecule is O=C(Nc1cc(OCCN2CCCC2)cc(C(F)(F)F)c1)c1ccc2ccc(Oc3ccnc(-c4ncc(CN5CCCC5)[nH]4)c3)cc2c1. The Hall–Kier alpha value is -4.94. The predicted octanol–water partition coefficient (Wildman–Crippen LogP) is 7.76. The lowest BCUT2D eigenvalue weighted by atomic mass is 10.1. The van der Waals surface area contributed by atoms with Gasteiger partial charge in [-0.15, -0.1) is 0 Å². The molecule has 2 aliphatic heterocycles. The highest BCUT2D eigenvalue weighted by Gasteiger charge is 2.32. The summed E-state index contributed by atoms with van der Waals surface area (Å²) in [5.74, 6) is 1.29. The van der Waals surface area contributed by atoms with Crippen LogP contribution in [0.1, 0.15) is 47.3 Å². The number of alkyl halides is 3. The molecular formula is C37H37F3N6O3. The van der Waals surface area contributed by atoms with E-state index in [4.69, 9.17) is 9.47 Å². The van der Waals surface area contributed by atoms with E-state index < -0.39 is 17.6 Å². The van der Waals surface area contributed by atoms with Crippen LogP contribution in [-0.2, 0) is 12.7 Å². The number of carbonyl (C=O) groups is 1. The molecule has 0 atom stereocenters. The van der Waals surface area contributed by atoms with Gasteiger partial charge in [-0.3, -0.25) is 19.6 Å². The van der Waals surface area contributed by atoms with Crippen molar-refractivity contribution in [2.24, 2.45) is 0 Å². The maximum Gasteiger partial charge on any atom is 0.416 e. The van der Waals surface area contributed by atoms with Crippen molar-refractivity contribution in [3.05, 3.63) is 95.9 Å². The van der Waals surface area contributed by atoms with Gasteiger partial charge in [-0.1, -0.05) is 12.1 Å². The number of aromatic nitrogens is 3. The Labute approximate surface area is 282 Å². The van der Waals surface area contributed by atoms with Crippen LogP contribution in [0.3, 0.4) is 0 Å². The van der Waals surface area contributed by atoms with Crippen LogP contribution in [0.4, 0.5) is 18.9 Å². The van der Waals surface area contributed by atoms with E-state index in [-0.39, 0.29) is 23.6 Å². The average molecular weight is 671 g/mol. The van der Waals surface area contributed by atoms with Gasteiger partial charge in [-0.2, -0.15) is 13.2 Å². The van der Waals surface area contributed by atoms with Crippen molar-refractivity contribution in [2.45, 2.75) is 38.4 Å². The number of ether oxygens (including phenoxy) is 2. The van der Waals surface area contributed by atoms with Gasteiger partial charge < -0.3 is 19.8 Å². The van der Waals surface area contributed by atoms with E-state index in [9.17, 15) is 18.0 Å². The molecule has 0 radical (unpaired) electrons. The molecule has 2 fully saturated rings. The van der Waals surface area contributed by atoms with Gasteiger partial charge >= 0.3 is 6.18 Å². The van der Waals surface area contributed by atoms with Gasteiger partial charge in [-0.05, 0) is 105 Å². The molecule has 2 saturated heterocycles. The van der Waals surface area contributed by atoms with Gasteiger partial charge in [0.15, 0.2) is 5.82 Å². The third-order valence-corrected chi connectivity index (χ3v) is 8.87. The second-order valence-corrected chi connectivity index (χ2v) is 12.5. The maximum absolute atomic E-state index is 13.7. The fourth-order valence-electron chi connectivity index (χ4n) is 6.34. The molecule has 2 N–H and O–H groups in total. The predicted molar refractivity (Wildman–Crippen MR) is 181 cm³/mol. The molecule has 12 heteroatoms. The second-order valence-electron chi connectivity index (χ2n) is 12.5. The molecule has 254 valence electrons. The Balaban J connectivity index is 1.04. The standard InChI is InChI=1S/C37H37F3N6O3/c38-37(39,40)28-19-29(21-33(20-28)48-16-15-45-11-1-2-12-45)44-36(47)26-6-5-25-7-8-31(18-27(25)17-26)49-32-9-10-41-34(22-32)35-42-23-30(43-35)24-46-13-3-4-14-46/h5-10,17-23H,1-4,11-16,24H2,(H,42,43)(H,44,47). The maximum atomic E-state index is 13.7. The van der Waals surface area contributed by atoms with Crippen LogP contribution in [0.5, 0.6) is 17.2 Å². The summed E-state index contributed by atoms with van der Waals surface area (Å²) in [4.78, 5) is 30.2. The van der Waals surface area contributed by atoms with E-state index in [1.165, 1.54) is 18.9 Å². The first kappa shape index (κ1) is 32.6. The Kier molecular flexibility index (Phi) is 9.49. The third kappa shape index (κ3) is 8.21. The number of benzene rings is 3. The van der Waals surface area contributed by atoms with Crippen molar-refractivity contribution in [2.75, 3.05) is 44.6 Å². The van der Waals surface area contributed by atoms with E-state index >= 15 is 0 Å². The minimum absolute atomic E-state index is 0.00129. The zero-order valence-electron chi connectivity index (χ0n) is 26.9. The lowest BCUT2D eigenvalue weighted by molar-refractivity contribution is -0.137. The Bertz CT molecular complexity index is 1930. The molecule has 9 nitrogen and oxygen atoms in total. The summed E-state index contributed by atoms with van der Waals surface area (Å²) in [7, 11) is 0. The minimum Gasteiger partial charge on any atom is -0.492 e. The lowest BCUT2D eigenvalue weighted by Crippen LogP contribution is -2.25. The number of anilines is 1. The van der Waals surface area contributed by atoms with Crippen molar-refractivity contribution in [1.82, 2.24) is 24.8 Å². The van der Waals surface area contributed by atoms with Crippen molar-refractivity contribution in [3.63, 3.8) is 0 Å². The molecule has 4 heterocycles. The van der Waals surface area contributed by atoms with Crippen molar-refractivity contribution >= 4 is 22.4 Å². The van der Waals surface area contributed by atoms with Crippen molar-refractivity contribution in [3.8, 4) is 28.8 Å². The number of rotatable bonds is 11. The van der Waals surface area contributed by atoms with Gasteiger partial charge in [0.2, 0.25) is 0 Å². The number of imidazole rings is 1. The number of H-pyrrole nitrogens is 1. The molecule has 0 aliphatic carbocycles. The molecule has 0 unspecified atom stereocenters. The van der Waals surface area contributed by atoms with Crippen LogP contribution in [0.25, 0.3) is 22.3 Å². The van der Waals surface area contributed by atoms with Crippen molar-refractivity contribution < 1.29 is 27.4 Å². The number of nitrogens with one attached hydrogen (secondary N) is 2. The summed E-state index contributed by atoms with van der Waals surface area (Å²) in [6.45, 7) is 5.83. The van der Waals surface area contributed by atoms with E-state index in [1.807, 2.05) is 30.5 Å². The van der Waals surface area contributed by atoms with E-state index in [0.29, 0.717) is 29.6 Å². The highest BCUT2D eigenvalue weighted by Crippen LogP contribution is 2.35. The lowest BCUT2D eigenvalue weighted by Gasteiger charge is -2.17. The van der Waals surface area contributed by atoms with Crippen LogP contribution in [0.15, 0.2) is 79.1 Å². The van der Waals surface area contributed by atoms with Crippen LogP contribution in [0.2, 0.25) is 0 Å². The number of fused-ring (bicyclic) bond motifs is 1. The Morgan fingerprint density at radius 1 is 0.816 bits per heavy atom. The Morgan fingerprint density at radius 3 is 2.37 bits per heavy atom. The number of hydrogen-bond donors (Lipinski definition) is 2. The number of hydrogen-bond acceptors (Lipinski definition) is 7. The van der Waals surface area contributed by atoms with Gasteiger partial charge in [-0.25, -0.2) is 4.98 Å². The van der Waals surface area contributed by atoms with Gasteiger partial charge in [0.1, 0.15) is 29.5 Å². The first-order chi connectivity index (χ1) is 23.7. The normalized spacial score (nSPS) is 15.6. The number of aromatic amines is 1. The summed E-state index contributed by atoms with van der Waals surface area (Å²) in [6.07, 6.45) is 3.57. The summed E-state index contributed by atoms with van der Waals surface area (Å²) in [5.41, 5.74) is 1.08. The summed E-state index contributed by atoms with van der Waals surface area (Å²) >= 11 is 0. The number of likely N-dealkylation sites (tertiary alicyclic amines) is 2. The zero-order chi connectivity index (χ0) is 33.8. The van der Waals surface area contributed by atoms with Crippen LogP contribution in [-0.4, -0.2) is 70.0 Å². The number of pyridine rings is 1. The molecule has 5 aromatic rings. The topological polar surface area (TPSA) is 95.6 Å². The van der Waals surface area contributed by atoms with Gasteiger partial charge in [0.25, 0.3) is 5.91 Å². The number of amides is 1. The fraction of sp³-hybridized carbons (Fsp3) is 0.324. The summed E-state index contributed by atoms with van der Waals surface area (Å²) < 4.78 is 53.0. The molecule has 1 amide bonds. The highest BCUT2D eigenvalue weighted by molar-refractivity contribution is 6.06. The monoisotopic (exact) mass is 670 g/mol. The highest BCUT2D eigenvalue weighted by atomic mass is 19.4. The smallest absolute Gasteiger partial charge is 0.416 e. The zero-order valence-corrected chi connectivity index (χ0v) is 26.9. The molecule has 3 aromatic carbocycles. The molecule has 2 aromatic heterocycles. The fourth-order valence-corrected chi connectivity index (χ4v) is 6.34. The van der Waals surface area contributed by atoms with Crippen molar-refractivity contribution in [1.29, 1.82) is 0 Å². The van der Waals surface area contributed by atoms with E-state index in [0.717, 1.165) is 74.2 Å². The average Bonchev–Trinajstić information content (AvgIpc) is 3.89. The molecule has 49 heavy (non-hydrogen) atoms. The largest absolute Gasteiger partial charge is 0.492 e.